The fourth-order valence-corrected chi connectivity index (χ4v) is 4.27. The number of carbonyl (C=O) groups excluding carboxylic acids is 1. The summed E-state index contributed by atoms with van der Waals surface area (Å²) in [6, 6.07) is 12.7. The molecule has 4 aromatic rings. The lowest BCUT2D eigenvalue weighted by atomic mass is 10.1. The first-order valence-electron chi connectivity index (χ1n) is 9.44. The van der Waals surface area contributed by atoms with Crippen LogP contribution in [0, 0.1) is 13.8 Å². The summed E-state index contributed by atoms with van der Waals surface area (Å²) in [6.45, 7) is 3.56. The SMILES string of the molecule is COc1ccc(Cl)cc1NC(=O)Cn1nc(-c2ccc(C)cc2)c2sc(C)nc2c1=O. The minimum absolute atomic E-state index is 0.278. The largest absolute Gasteiger partial charge is 0.495 e. The number of thiazole rings is 1. The van der Waals surface area contributed by atoms with Gasteiger partial charge in [0.2, 0.25) is 5.91 Å². The molecule has 0 aliphatic carbocycles. The second-order valence-electron chi connectivity index (χ2n) is 6.98. The van der Waals surface area contributed by atoms with E-state index in [0.717, 1.165) is 20.8 Å². The number of nitrogens with zero attached hydrogens (tertiary/aromatic N) is 3. The number of nitrogens with one attached hydrogen (secondary N) is 1. The number of anilines is 1. The van der Waals surface area contributed by atoms with Crippen LogP contribution < -0.4 is 15.6 Å². The third kappa shape index (κ3) is 4.30. The van der Waals surface area contributed by atoms with Gasteiger partial charge in [0.25, 0.3) is 5.56 Å². The number of benzene rings is 2. The fourth-order valence-electron chi connectivity index (χ4n) is 3.18. The maximum Gasteiger partial charge on any atom is 0.294 e. The standard InChI is InChI=1S/C22H19ClN4O3S/c1-12-4-6-14(7-5-12)19-21-20(24-13(2)31-21)22(29)27(26-19)11-18(28)25-16-10-15(23)8-9-17(16)30-3/h4-10H,11H2,1-3H3,(H,25,28). The fraction of sp³-hybridized carbons (Fsp3) is 0.182. The van der Waals surface area contributed by atoms with Crippen LogP contribution in [0.4, 0.5) is 5.69 Å². The van der Waals surface area contributed by atoms with Crippen LogP contribution in [0.1, 0.15) is 10.6 Å². The Kier molecular flexibility index (Phi) is 5.75. The number of aromatic nitrogens is 3. The third-order valence-electron chi connectivity index (χ3n) is 4.66. The molecule has 4 rings (SSSR count). The Morgan fingerprint density at radius 1 is 1.19 bits per heavy atom. The molecule has 0 bridgehead atoms. The highest BCUT2D eigenvalue weighted by Gasteiger charge is 2.18. The van der Waals surface area contributed by atoms with Crippen molar-refractivity contribution in [1.82, 2.24) is 14.8 Å². The summed E-state index contributed by atoms with van der Waals surface area (Å²) in [7, 11) is 1.50. The zero-order valence-corrected chi connectivity index (χ0v) is 18.7. The van der Waals surface area contributed by atoms with Crippen molar-refractivity contribution in [2.24, 2.45) is 0 Å². The number of ether oxygens (including phenoxy) is 1. The van der Waals surface area contributed by atoms with Crippen molar-refractivity contribution in [3.05, 3.63) is 68.4 Å². The number of fused-ring (bicyclic) bond motifs is 1. The van der Waals surface area contributed by atoms with Crippen molar-refractivity contribution in [3.8, 4) is 17.0 Å². The molecular formula is C22H19ClN4O3S. The van der Waals surface area contributed by atoms with E-state index in [1.807, 2.05) is 38.1 Å². The Labute approximate surface area is 187 Å². The quantitative estimate of drug-likeness (QED) is 0.482. The van der Waals surface area contributed by atoms with Crippen LogP contribution in [-0.4, -0.2) is 27.8 Å². The van der Waals surface area contributed by atoms with Crippen LogP contribution in [0.25, 0.3) is 21.5 Å². The van der Waals surface area contributed by atoms with Gasteiger partial charge < -0.3 is 10.1 Å². The molecule has 31 heavy (non-hydrogen) atoms. The second kappa shape index (κ2) is 8.49. The Morgan fingerprint density at radius 3 is 2.65 bits per heavy atom. The van der Waals surface area contributed by atoms with Crippen molar-refractivity contribution in [2.45, 2.75) is 20.4 Å². The number of rotatable bonds is 5. The van der Waals surface area contributed by atoms with Crippen molar-refractivity contribution in [3.63, 3.8) is 0 Å². The predicted molar refractivity (Wildman–Crippen MR) is 123 cm³/mol. The van der Waals surface area contributed by atoms with Gasteiger partial charge >= 0.3 is 0 Å². The van der Waals surface area contributed by atoms with E-state index in [1.165, 1.54) is 18.4 Å². The molecular weight excluding hydrogens is 436 g/mol. The van der Waals surface area contributed by atoms with Crippen LogP contribution in [0.2, 0.25) is 5.02 Å². The molecule has 9 heteroatoms. The van der Waals surface area contributed by atoms with Gasteiger partial charge in [-0.2, -0.15) is 5.10 Å². The molecule has 1 N–H and O–H groups in total. The normalized spacial score (nSPS) is 11.0. The zero-order chi connectivity index (χ0) is 22.1. The zero-order valence-electron chi connectivity index (χ0n) is 17.1. The third-order valence-corrected chi connectivity index (χ3v) is 5.87. The monoisotopic (exact) mass is 454 g/mol. The van der Waals surface area contributed by atoms with E-state index in [-0.39, 0.29) is 6.54 Å². The van der Waals surface area contributed by atoms with E-state index < -0.39 is 11.5 Å². The van der Waals surface area contributed by atoms with Crippen molar-refractivity contribution in [2.75, 3.05) is 12.4 Å². The molecule has 0 radical (unpaired) electrons. The molecule has 0 atom stereocenters. The number of amides is 1. The summed E-state index contributed by atoms with van der Waals surface area (Å²) in [6.07, 6.45) is 0. The molecule has 0 fully saturated rings. The number of halogens is 1. The Bertz CT molecular complexity index is 1350. The highest BCUT2D eigenvalue weighted by atomic mass is 35.5. The van der Waals surface area contributed by atoms with E-state index in [0.29, 0.717) is 32.4 Å². The van der Waals surface area contributed by atoms with E-state index >= 15 is 0 Å². The Balaban J connectivity index is 1.73. The molecule has 0 saturated carbocycles. The van der Waals surface area contributed by atoms with Gasteiger partial charge in [-0.15, -0.1) is 11.3 Å². The molecule has 158 valence electrons. The van der Waals surface area contributed by atoms with Gasteiger partial charge in [-0.1, -0.05) is 41.4 Å². The van der Waals surface area contributed by atoms with Crippen LogP contribution >= 0.6 is 22.9 Å². The highest BCUT2D eigenvalue weighted by Crippen LogP contribution is 2.30. The molecule has 0 unspecified atom stereocenters. The average Bonchev–Trinajstić information content (AvgIpc) is 3.13. The molecule has 2 heterocycles. The molecule has 0 aliphatic heterocycles. The number of aryl methyl sites for hydroxylation is 2. The van der Waals surface area contributed by atoms with Gasteiger partial charge in [-0.3, -0.25) is 9.59 Å². The predicted octanol–water partition coefficient (Wildman–Crippen LogP) is 4.44. The minimum atomic E-state index is -0.434. The molecule has 7 nitrogen and oxygen atoms in total. The van der Waals surface area contributed by atoms with Crippen molar-refractivity contribution in [1.29, 1.82) is 0 Å². The van der Waals surface area contributed by atoms with Gasteiger partial charge in [0.05, 0.1) is 22.5 Å². The van der Waals surface area contributed by atoms with Crippen molar-refractivity contribution < 1.29 is 9.53 Å². The first-order valence-corrected chi connectivity index (χ1v) is 10.6. The van der Waals surface area contributed by atoms with E-state index in [1.54, 1.807) is 18.2 Å². The van der Waals surface area contributed by atoms with Gasteiger partial charge in [-0.05, 0) is 32.0 Å². The van der Waals surface area contributed by atoms with Crippen molar-refractivity contribution >= 4 is 44.7 Å². The first-order chi connectivity index (χ1) is 14.9. The first kappa shape index (κ1) is 21.0. The lowest BCUT2D eigenvalue weighted by Gasteiger charge is -2.12. The number of hydrogen-bond donors (Lipinski definition) is 1. The highest BCUT2D eigenvalue weighted by molar-refractivity contribution is 7.19. The molecule has 0 spiro atoms. The summed E-state index contributed by atoms with van der Waals surface area (Å²) < 4.78 is 7.11. The van der Waals surface area contributed by atoms with Gasteiger partial charge in [-0.25, -0.2) is 9.67 Å². The molecule has 2 aromatic carbocycles. The van der Waals surface area contributed by atoms with E-state index in [9.17, 15) is 9.59 Å². The number of carbonyl (C=O) groups is 1. The van der Waals surface area contributed by atoms with Gasteiger partial charge in [0, 0.05) is 10.6 Å². The molecule has 1 amide bonds. The van der Waals surface area contributed by atoms with Crippen LogP contribution in [0.3, 0.4) is 0 Å². The molecule has 0 saturated heterocycles. The lowest BCUT2D eigenvalue weighted by molar-refractivity contribution is -0.117. The van der Waals surface area contributed by atoms with Crippen LogP contribution in [0.5, 0.6) is 5.75 Å². The van der Waals surface area contributed by atoms with Crippen LogP contribution in [0.15, 0.2) is 47.3 Å². The Morgan fingerprint density at radius 2 is 1.94 bits per heavy atom. The minimum Gasteiger partial charge on any atom is -0.495 e. The van der Waals surface area contributed by atoms with E-state index in [2.05, 4.69) is 15.4 Å². The number of methoxy groups -OCH3 is 1. The summed E-state index contributed by atoms with van der Waals surface area (Å²) in [5.41, 5.74) is 2.89. The van der Waals surface area contributed by atoms with Gasteiger partial charge in [0.15, 0.2) is 5.52 Å². The summed E-state index contributed by atoms with van der Waals surface area (Å²) in [5, 5.41) is 8.45. The maximum atomic E-state index is 13.0. The van der Waals surface area contributed by atoms with Gasteiger partial charge in [0.1, 0.15) is 18.0 Å². The summed E-state index contributed by atoms with van der Waals surface area (Å²) >= 11 is 7.44. The topological polar surface area (TPSA) is 86.1 Å². The van der Waals surface area contributed by atoms with Crippen LogP contribution in [-0.2, 0) is 11.3 Å². The average molecular weight is 455 g/mol. The second-order valence-corrected chi connectivity index (χ2v) is 8.62. The lowest BCUT2D eigenvalue weighted by Crippen LogP contribution is -2.30. The maximum absolute atomic E-state index is 13.0. The van der Waals surface area contributed by atoms with E-state index in [4.69, 9.17) is 16.3 Å². The Hall–Kier alpha value is -3.23. The smallest absolute Gasteiger partial charge is 0.294 e. The summed E-state index contributed by atoms with van der Waals surface area (Å²) in [5.74, 6) is 0.0281. The number of hydrogen-bond acceptors (Lipinski definition) is 6. The molecule has 0 aliphatic rings. The molecule has 2 aromatic heterocycles. The summed E-state index contributed by atoms with van der Waals surface area (Å²) in [4.78, 5) is 30.1.